The molecule has 1 aromatic carbocycles. The fourth-order valence-corrected chi connectivity index (χ4v) is 2.70. The number of hydrogen-bond donors (Lipinski definition) is 2. The normalized spacial score (nSPS) is 22.9. The predicted octanol–water partition coefficient (Wildman–Crippen LogP) is 3.95. The van der Waals surface area contributed by atoms with E-state index in [1.54, 1.807) is 0 Å². The highest BCUT2D eigenvalue weighted by molar-refractivity contribution is 5.97. The van der Waals surface area contributed by atoms with Crippen LogP contribution < -0.4 is 10.5 Å². The third-order valence-corrected chi connectivity index (χ3v) is 3.91. The lowest BCUT2D eigenvalue weighted by molar-refractivity contribution is -0.137. The number of nitrogens with one attached hydrogen (secondary N) is 1. The van der Waals surface area contributed by atoms with Gasteiger partial charge < -0.3 is 10.5 Å². The number of alkyl halides is 3. The van der Waals surface area contributed by atoms with Crippen LogP contribution in [0.4, 0.5) is 13.2 Å². The number of benzene rings is 1. The molecule has 6 heteroatoms. The average molecular weight is 300 g/mol. The van der Waals surface area contributed by atoms with E-state index in [0.717, 1.165) is 31.7 Å². The summed E-state index contributed by atoms with van der Waals surface area (Å²) in [5.41, 5.74) is 4.03. The van der Waals surface area contributed by atoms with E-state index in [1.807, 2.05) is 0 Å². The van der Waals surface area contributed by atoms with Crippen LogP contribution in [0.1, 0.15) is 43.7 Å². The highest BCUT2D eigenvalue weighted by Crippen LogP contribution is 2.35. The lowest BCUT2D eigenvalue weighted by Gasteiger charge is -2.29. The van der Waals surface area contributed by atoms with Crippen LogP contribution in [0.25, 0.3) is 0 Å². The van der Waals surface area contributed by atoms with E-state index < -0.39 is 17.6 Å². The first kappa shape index (κ1) is 15.7. The minimum Gasteiger partial charge on any atom is -0.490 e. The minimum absolute atomic E-state index is 0.00953. The van der Waals surface area contributed by atoms with Gasteiger partial charge in [0.05, 0.1) is 5.56 Å². The third-order valence-electron chi connectivity index (χ3n) is 3.91. The maximum absolute atomic E-state index is 12.9. The molecule has 116 valence electrons. The van der Waals surface area contributed by atoms with E-state index in [9.17, 15) is 13.2 Å². The van der Waals surface area contributed by atoms with Gasteiger partial charge in [0.15, 0.2) is 0 Å². The zero-order valence-corrected chi connectivity index (χ0v) is 11.8. The van der Waals surface area contributed by atoms with Gasteiger partial charge in [-0.25, -0.2) is 0 Å². The molecule has 2 rings (SSSR count). The fraction of sp³-hybridized carbons (Fsp3) is 0.533. The van der Waals surface area contributed by atoms with E-state index >= 15 is 0 Å². The van der Waals surface area contributed by atoms with Gasteiger partial charge in [-0.1, -0.05) is 13.3 Å². The Morgan fingerprint density at radius 1 is 1.29 bits per heavy atom. The molecule has 1 saturated carbocycles. The van der Waals surface area contributed by atoms with Crippen molar-refractivity contribution < 1.29 is 17.9 Å². The minimum atomic E-state index is -4.53. The molecule has 0 bridgehead atoms. The second kappa shape index (κ2) is 5.95. The molecule has 3 nitrogen and oxygen atoms in total. The molecule has 0 spiro atoms. The van der Waals surface area contributed by atoms with Crippen molar-refractivity contribution in [1.29, 1.82) is 5.41 Å². The maximum Gasteiger partial charge on any atom is 0.417 e. The smallest absolute Gasteiger partial charge is 0.417 e. The Morgan fingerprint density at radius 3 is 2.52 bits per heavy atom. The van der Waals surface area contributed by atoms with Crippen LogP contribution in [0, 0.1) is 11.3 Å². The first-order valence-corrected chi connectivity index (χ1v) is 7.01. The van der Waals surface area contributed by atoms with E-state index in [4.69, 9.17) is 15.9 Å². The van der Waals surface area contributed by atoms with Crippen LogP contribution in [0.15, 0.2) is 18.2 Å². The average Bonchev–Trinajstić information content (AvgIpc) is 2.40. The number of halogens is 3. The van der Waals surface area contributed by atoms with Gasteiger partial charge in [0.2, 0.25) is 0 Å². The summed E-state index contributed by atoms with van der Waals surface area (Å²) >= 11 is 0. The maximum atomic E-state index is 12.9. The molecule has 1 aliphatic carbocycles. The Balaban J connectivity index is 2.26. The summed E-state index contributed by atoms with van der Waals surface area (Å²) in [6.07, 6.45) is -0.336. The van der Waals surface area contributed by atoms with Crippen molar-refractivity contribution in [3.63, 3.8) is 0 Å². The summed E-state index contributed by atoms with van der Waals surface area (Å²) in [6, 6.07) is 3.45. The van der Waals surface area contributed by atoms with Crippen molar-refractivity contribution in [1.82, 2.24) is 0 Å². The van der Waals surface area contributed by atoms with E-state index in [1.165, 1.54) is 12.1 Å². The zero-order valence-electron chi connectivity index (χ0n) is 11.8. The van der Waals surface area contributed by atoms with Gasteiger partial charge in [0.25, 0.3) is 0 Å². The molecule has 0 saturated heterocycles. The predicted molar refractivity (Wildman–Crippen MR) is 74.5 cm³/mol. The van der Waals surface area contributed by atoms with Crippen molar-refractivity contribution in [3.8, 4) is 5.75 Å². The van der Waals surface area contributed by atoms with Gasteiger partial charge in [-0.05, 0) is 43.4 Å². The Bertz CT molecular complexity index is 528. The second-order valence-electron chi connectivity index (χ2n) is 5.54. The zero-order chi connectivity index (χ0) is 15.6. The lowest BCUT2D eigenvalue weighted by Crippen LogP contribution is -2.28. The molecule has 0 aromatic heterocycles. The van der Waals surface area contributed by atoms with Crippen molar-refractivity contribution >= 4 is 5.84 Å². The molecule has 21 heavy (non-hydrogen) atoms. The van der Waals surface area contributed by atoms with E-state index in [0.29, 0.717) is 11.7 Å². The molecule has 1 aromatic rings. The van der Waals surface area contributed by atoms with Crippen LogP contribution in [0.3, 0.4) is 0 Å². The molecule has 0 heterocycles. The summed E-state index contributed by atoms with van der Waals surface area (Å²) in [5, 5.41) is 7.33. The Kier molecular flexibility index (Phi) is 4.44. The summed E-state index contributed by atoms with van der Waals surface area (Å²) in [6.45, 7) is 2.08. The van der Waals surface area contributed by atoms with Crippen LogP contribution in [0.5, 0.6) is 5.75 Å². The number of hydrogen-bond acceptors (Lipinski definition) is 2. The standard InChI is InChI=1S/C15H19F3N2O/c1-9-4-2-3-5-13(9)21-10-6-7-12(15(16,17)18)11(8-10)14(19)20/h6-9,13H,2-5H2,1H3,(H3,19,20). The van der Waals surface area contributed by atoms with Crippen LogP contribution >= 0.6 is 0 Å². The van der Waals surface area contributed by atoms with E-state index in [2.05, 4.69) is 6.92 Å². The summed E-state index contributed by atoms with van der Waals surface area (Å²) in [7, 11) is 0. The monoisotopic (exact) mass is 300 g/mol. The number of amidine groups is 1. The van der Waals surface area contributed by atoms with Crippen molar-refractivity contribution in [2.45, 2.75) is 44.9 Å². The Morgan fingerprint density at radius 2 is 1.95 bits per heavy atom. The van der Waals surface area contributed by atoms with Gasteiger partial charge in [0.1, 0.15) is 17.7 Å². The van der Waals surface area contributed by atoms with Gasteiger partial charge in [-0.3, -0.25) is 5.41 Å². The van der Waals surface area contributed by atoms with Gasteiger partial charge in [-0.15, -0.1) is 0 Å². The molecule has 0 amide bonds. The van der Waals surface area contributed by atoms with Crippen LogP contribution in [-0.4, -0.2) is 11.9 Å². The summed E-state index contributed by atoms with van der Waals surface area (Å²) < 4.78 is 44.4. The lowest BCUT2D eigenvalue weighted by atomic mass is 9.88. The first-order valence-electron chi connectivity index (χ1n) is 7.01. The number of rotatable bonds is 3. The van der Waals surface area contributed by atoms with Crippen molar-refractivity contribution in [2.75, 3.05) is 0 Å². The van der Waals surface area contributed by atoms with Gasteiger partial charge in [-0.2, -0.15) is 13.2 Å². The molecular formula is C15H19F3N2O. The molecule has 2 atom stereocenters. The number of nitrogen functional groups attached to an aromatic ring is 1. The van der Waals surface area contributed by atoms with Gasteiger partial charge >= 0.3 is 6.18 Å². The Hall–Kier alpha value is -1.72. The molecular weight excluding hydrogens is 281 g/mol. The second-order valence-corrected chi connectivity index (χ2v) is 5.54. The molecule has 0 radical (unpaired) electrons. The van der Waals surface area contributed by atoms with Crippen molar-refractivity contribution in [3.05, 3.63) is 29.3 Å². The largest absolute Gasteiger partial charge is 0.490 e. The van der Waals surface area contributed by atoms with Crippen LogP contribution in [0.2, 0.25) is 0 Å². The highest BCUT2D eigenvalue weighted by atomic mass is 19.4. The molecule has 0 aliphatic heterocycles. The van der Waals surface area contributed by atoms with Gasteiger partial charge in [0, 0.05) is 5.56 Å². The molecule has 1 aliphatic rings. The summed E-state index contributed by atoms with van der Waals surface area (Å²) in [4.78, 5) is 0. The van der Waals surface area contributed by atoms with Crippen molar-refractivity contribution in [2.24, 2.45) is 11.7 Å². The topological polar surface area (TPSA) is 59.1 Å². The first-order chi connectivity index (χ1) is 9.79. The third kappa shape index (κ3) is 3.68. The molecule has 3 N–H and O–H groups in total. The SMILES string of the molecule is CC1CCCCC1Oc1ccc(C(F)(F)F)c(C(=N)N)c1. The van der Waals surface area contributed by atoms with E-state index in [-0.39, 0.29) is 11.7 Å². The quantitative estimate of drug-likeness (QED) is 0.656. The number of ether oxygens (including phenoxy) is 1. The number of nitrogens with two attached hydrogens (primary N) is 1. The fourth-order valence-electron chi connectivity index (χ4n) is 2.70. The summed E-state index contributed by atoms with van der Waals surface area (Å²) in [5.74, 6) is 0.109. The molecule has 1 fully saturated rings. The molecule has 2 unspecified atom stereocenters. The highest BCUT2D eigenvalue weighted by Gasteiger charge is 2.34. The van der Waals surface area contributed by atoms with Crippen LogP contribution in [-0.2, 0) is 6.18 Å². The Labute approximate surface area is 121 Å².